The maximum absolute atomic E-state index is 9.19. The maximum atomic E-state index is 9.19. The van der Waals surface area contributed by atoms with Crippen LogP contribution < -0.4 is 9.47 Å². The summed E-state index contributed by atoms with van der Waals surface area (Å²) in [6.07, 6.45) is 1.69. The highest BCUT2D eigenvalue weighted by atomic mass is 16.5. The normalized spacial score (nSPS) is 12.5. The molecule has 2 unspecified atom stereocenters. The van der Waals surface area contributed by atoms with Crippen molar-refractivity contribution in [2.45, 2.75) is 52.7 Å². The van der Waals surface area contributed by atoms with Crippen LogP contribution in [-0.4, -0.2) is 12.2 Å². The lowest BCUT2D eigenvalue weighted by Gasteiger charge is -2.13. The van der Waals surface area contributed by atoms with E-state index in [1.165, 1.54) is 0 Å². The van der Waals surface area contributed by atoms with Crippen molar-refractivity contribution in [2.75, 3.05) is 0 Å². The Hall–Kier alpha value is -3.12. The molecule has 2 rings (SSSR count). The molecule has 6 heteroatoms. The molecule has 26 heavy (non-hydrogen) atoms. The van der Waals surface area contributed by atoms with E-state index in [9.17, 15) is 10.8 Å². The van der Waals surface area contributed by atoms with Crippen molar-refractivity contribution in [1.29, 1.82) is 10.8 Å². The van der Waals surface area contributed by atoms with Crippen molar-refractivity contribution in [3.63, 3.8) is 0 Å². The third kappa shape index (κ3) is 4.49. The summed E-state index contributed by atoms with van der Waals surface area (Å²) in [6.45, 7) is 7.98. The molecule has 0 radical (unpaired) electrons. The number of ether oxygens (including phenoxy) is 2. The average Bonchev–Trinajstić information content (AvgIpc) is 2.67. The largest absolute Gasteiger partial charge is 0.483 e. The Kier molecular flexibility index (Phi) is 6.52. The van der Waals surface area contributed by atoms with E-state index in [0.29, 0.717) is 22.9 Å². The van der Waals surface area contributed by atoms with Crippen molar-refractivity contribution >= 4 is 11.4 Å². The first-order valence-corrected chi connectivity index (χ1v) is 8.84. The van der Waals surface area contributed by atoms with Gasteiger partial charge in [0.1, 0.15) is 0 Å². The molecule has 0 bridgehead atoms. The number of rotatable bonds is 7. The van der Waals surface area contributed by atoms with Crippen LogP contribution in [0.1, 0.15) is 40.5 Å². The Morgan fingerprint density at radius 1 is 0.769 bits per heavy atom. The van der Waals surface area contributed by atoms with Gasteiger partial charge < -0.3 is 9.47 Å². The second kappa shape index (κ2) is 8.82. The summed E-state index contributed by atoms with van der Waals surface area (Å²) in [4.78, 5) is 6.58. The van der Waals surface area contributed by atoms with Gasteiger partial charge in [-0.1, -0.05) is 13.8 Å². The minimum absolute atomic E-state index is 0.00520. The van der Waals surface area contributed by atoms with E-state index >= 15 is 0 Å². The van der Waals surface area contributed by atoms with Gasteiger partial charge in [0.2, 0.25) is 22.3 Å². The zero-order valence-electron chi connectivity index (χ0n) is 15.6. The molecule has 0 spiro atoms. The molecule has 134 valence electrons. The van der Waals surface area contributed by atoms with Gasteiger partial charge in [0, 0.05) is 12.1 Å². The number of hydrogen-bond donors (Lipinski definition) is 0. The number of diazo groups is 2. The highest BCUT2D eigenvalue weighted by Gasteiger charge is 2.21. The molecule has 0 aliphatic heterocycles. The van der Waals surface area contributed by atoms with Crippen LogP contribution in [0.2, 0.25) is 0 Å². The Morgan fingerprint density at radius 2 is 1.15 bits per heavy atom. The lowest BCUT2D eigenvalue weighted by Crippen LogP contribution is -2.10. The summed E-state index contributed by atoms with van der Waals surface area (Å²) in [7, 11) is 0. The molecule has 0 heterocycles. The van der Waals surface area contributed by atoms with E-state index in [1.54, 1.807) is 12.1 Å². The molecule has 2 atom stereocenters. The molecule has 0 aromatic heterocycles. The summed E-state index contributed by atoms with van der Waals surface area (Å²) in [5.41, 5.74) is 2.53. The third-order valence-corrected chi connectivity index (χ3v) is 4.27. The van der Waals surface area contributed by atoms with Crippen LogP contribution in [0.15, 0.2) is 36.4 Å². The Labute approximate surface area is 154 Å². The number of nitrogens with zero attached hydrogens (tertiary/aromatic N) is 4. The van der Waals surface area contributed by atoms with Crippen LogP contribution in [0.4, 0.5) is 11.4 Å². The standard InChI is InChI=1S/C20H24N4O2/c1-5-13(3)25-19-11-15(7-9-17(19)23-21)16-8-10-18(24-22)20(12-16)26-14(4)6-2/h7-14H,5-6H2,1-4H3/q+2. The van der Waals surface area contributed by atoms with Crippen molar-refractivity contribution in [1.82, 2.24) is 0 Å². The van der Waals surface area contributed by atoms with Crippen molar-refractivity contribution < 1.29 is 9.47 Å². The lowest BCUT2D eigenvalue weighted by molar-refractivity contribution is 0.218. The fourth-order valence-corrected chi connectivity index (χ4v) is 2.34. The molecule has 0 aliphatic carbocycles. The molecule has 0 saturated carbocycles. The first kappa shape index (κ1) is 19.2. The van der Waals surface area contributed by atoms with E-state index in [-0.39, 0.29) is 12.2 Å². The monoisotopic (exact) mass is 352 g/mol. The van der Waals surface area contributed by atoms with Crippen LogP contribution in [0.25, 0.3) is 21.1 Å². The smallest absolute Gasteiger partial charge is 0.426 e. The van der Waals surface area contributed by atoms with Gasteiger partial charge in [-0.25, -0.2) is 0 Å². The van der Waals surface area contributed by atoms with E-state index in [1.807, 2.05) is 52.0 Å². The van der Waals surface area contributed by atoms with Crippen molar-refractivity contribution in [2.24, 2.45) is 0 Å². The predicted octanol–water partition coefficient (Wildman–Crippen LogP) is 6.68. The van der Waals surface area contributed by atoms with Gasteiger partial charge in [-0.2, -0.15) is 0 Å². The van der Waals surface area contributed by atoms with Gasteiger partial charge in [0.25, 0.3) is 0 Å². The van der Waals surface area contributed by atoms with Crippen LogP contribution in [0, 0.1) is 10.8 Å². The number of benzene rings is 2. The molecule has 0 saturated heterocycles. The molecule has 0 N–H and O–H groups in total. The van der Waals surface area contributed by atoms with E-state index in [0.717, 1.165) is 24.0 Å². The van der Waals surface area contributed by atoms with Gasteiger partial charge >= 0.3 is 11.4 Å². The summed E-state index contributed by atoms with van der Waals surface area (Å²) in [6, 6.07) is 10.8. The van der Waals surface area contributed by atoms with Crippen LogP contribution in [-0.2, 0) is 0 Å². The minimum atomic E-state index is 0.00520. The minimum Gasteiger partial charge on any atom is -0.483 e. The molecule has 0 aliphatic rings. The highest BCUT2D eigenvalue weighted by Crippen LogP contribution is 2.37. The van der Waals surface area contributed by atoms with Crippen molar-refractivity contribution in [3.05, 3.63) is 46.4 Å². The average molecular weight is 352 g/mol. The first-order chi connectivity index (χ1) is 12.5. The van der Waals surface area contributed by atoms with E-state index < -0.39 is 0 Å². The molecular weight excluding hydrogens is 328 g/mol. The summed E-state index contributed by atoms with van der Waals surface area (Å²) >= 11 is 0. The van der Waals surface area contributed by atoms with Gasteiger partial charge in [-0.3, -0.25) is 0 Å². The van der Waals surface area contributed by atoms with Crippen LogP contribution in [0.5, 0.6) is 11.5 Å². The maximum Gasteiger partial charge on any atom is 0.426 e. The van der Waals surface area contributed by atoms with Crippen LogP contribution >= 0.6 is 0 Å². The fourth-order valence-electron chi connectivity index (χ4n) is 2.34. The molecule has 0 fully saturated rings. The second-order valence-corrected chi connectivity index (χ2v) is 6.24. The number of hydrogen-bond acceptors (Lipinski definition) is 4. The zero-order chi connectivity index (χ0) is 19.1. The topological polar surface area (TPSA) is 74.8 Å². The highest BCUT2D eigenvalue weighted by molar-refractivity contribution is 5.75. The molecular formula is C20H24N4O2+2. The molecule has 2 aromatic carbocycles. The van der Waals surface area contributed by atoms with E-state index in [2.05, 4.69) is 9.95 Å². The zero-order valence-corrected chi connectivity index (χ0v) is 15.6. The van der Waals surface area contributed by atoms with Gasteiger partial charge in [-0.05, 0) is 62.1 Å². The van der Waals surface area contributed by atoms with Crippen molar-refractivity contribution in [3.8, 4) is 22.6 Å². The van der Waals surface area contributed by atoms with Crippen LogP contribution in [0.3, 0.4) is 0 Å². The second-order valence-electron chi connectivity index (χ2n) is 6.24. The third-order valence-electron chi connectivity index (χ3n) is 4.27. The van der Waals surface area contributed by atoms with Gasteiger partial charge in [0.15, 0.2) is 9.95 Å². The van der Waals surface area contributed by atoms with Gasteiger partial charge in [0.05, 0.1) is 12.2 Å². The fraction of sp³-hybridized carbons (Fsp3) is 0.400. The van der Waals surface area contributed by atoms with E-state index in [4.69, 9.17) is 9.47 Å². The molecule has 0 amide bonds. The molecule has 6 nitrogen and oxygen atoms in total. The summed E-state index contributed by atoms with van der Waals surface area (Å²) < 4.78 is 11.7. The SMILES string of the molecule is CCC(C)Oc1cc(-c2ccc([N+]#N)c(OC(C)CC)c2)ccc1[N+]#N. The van der Waals surface area contributed by atoms with Gasteiger partial charge in [-0.15, -0.1) is 0 Å². The quantitative estimate of drug-likeness (QED) is 0.521. The molecule has 2 aromatic rings. The first-order valence-electron chi connectivity index (χ1n) is 8.84. The predicted molar refractivity (Wildman–Crippen MR) is 102 cm³/mol. The summed E-state index contributed by atoms with van der Waals surface area (Å²) in [5.74, 6) is 1.03. The Bertz CT molecular complexity index is 780. The Balaban J connectivity index is 2.44. The Morgan fingerprint density at radius 3 is 1.46 bits per heavy atom. The summed E-state index contributed by atoms with van der Waals surface area (Å²) in [5, 5.41) is 18.4. The lowest BCUT2D eigenvalue weighted by atomic mass is 10.0.